The lowest BCUT2D eigenvalue weighted by molar-refractivity contribution is 0.234. The molecule has 0 aliphatic rings. The molecule has 0 bridgehead atoms. The number of benzene rings is 1. The molecule has 2 rings (SSSR count). The third kappa shape index (κ3) is 6.43. The summed E-state index contributed by atoms with van der Waals surface area (Å²) in [5.74, 6) is -0.701. The number of anilines is 1. The Morgan fingerprint density at radius 3 is 2.82 bits per heavy atom. The monoisotopic (exact) mass is 478 g/mol. The molecule has 6 N–H and O–H groups in total. The average molecular weight is 479 g/mol. The maximum Gasteiger partial charge on any atom is 0.232 e. The van der Waals surface area contributed by atoms with Gasteiger partial charge in [-0.3, -0.25) is 20.4 Å². The van der Waals surface area contributed by atoms with Gasteiger partial charge in [0.15, 0.2) is 11.5 Å². The molecule has 15 heteroatoms. The number of guanidine groups is 1. The third-order valence-electron chi connectivity index (χ3n) is 2.94. The summed E-state index contributed by atoms with van der Waals surface area (Å²) in [7, 11) is -3.50. The quantitative estimate of drug-likeness (QED) is 0.162. The second-order valence-electron chi connectivity index (χ2n) is 5.20. The Hall–Kier alpha value is -2.78. The Bertz CT molecular complexity index is 994. The summed E-state index contributed by atoms with van der Waals surface area (Å²) in [6.07, 6.45) is 0.948. The van der Waals surface area contributed by atoms with Gasteiger partial charge in [-0.1, -0.05) is 0 Å². The number of hydrogen-bond acceptors (Lipinski definition) is 9. The number of sulfonamides is 1. The maximum atomic E-state index is 13.3. The minimum absolute atomic E-state index is 0.0501. The van der Waals surface area contributed by atoms with Gasteiger partial charge in [0.2, 0.25) is 21.8 Å². The van der Waals surface area contributed by atoms with E-state index < -0.39 is 15.8 Å². The molecule has 0 amide bonds. The van der Waals surface area contributed by atoms with Gasteiger partial charge < -0.3 is 11.1 Å². The van der Waals surface area contributed by atoms with Crippen LogP contribution in [0.1, 0.15) is 5.69 Å². The predicted octanol–water partition coefficient (Wildman–Crippen LogP) is 0.304. The largest absolute Gasteiger partial charge is 0.369 e. The van der Waals surface area contributed by atoms with Gasteiger partial charge in [0.25, 0.3) is 0 Å². The Balaban J connectivity index is 2.07. The summed E-state index contributed by atoms with van der Waals surface area (Å²) in [6.45, 7) is 0.290. The number of hydroxylamine groups is 1. The summed E-state index contributed by atoms with van der Waals surface area (Å²) in [6, 6.07) is 3.99. The molecule has 0 saturated carbocycles. The topological polar surface area (TPSA) is 180 Å². The van der Waals surface area contributed by atoms with E-state index in [0.29, 0.717) is 5.69 Å². The lowest BCUT2D eigenvalue weighted by Crippen LogP contribution is -2.36. The highest BCUT2D eigenvalue weighted by atomic mass is 79.9. The van der Waals surface area contributed by atoms with Crippen molar-refractivity contribution in [2.24, 2.45) is 15.7 Å². The van der Waals surface area contributed by atoms with Crippen LogP contribution in [0.4, 0.5) is 15.9 Å². The number of nitrogens with two attached hydrogens (primary N) is 1. The fourth-order valence-electron chi connectivity index (χ4n) is 1.85. The van der Waals surface area contributed by atoms with Crippen LogP contribution in [-0.2, 0) is 10.0 Å². The first-order valence-electron chi connectivity index (χ1n) is 7.48. The van der Waals surface area contributed by atoms with Crippen LogP contribution in [-0.4, -0.2) is 55.1 Å². The normalized spacial score (nSPS) is 12.7. The van der Waals surface area contributed by atoms with Crippen molar-refractivity contribution in [2.75, 3.05) is 24.7 Å². The lowest BCUT2D eigenvalue weighted by atomic mass is 10.3. The molecule has 1 heterocycles. The van der Waals surface area contributed by atoms with E-state index in [4.69, 9.17) is 5.73 Å². The molecule has 1 aromatic heterocycles. The first-order valence-corrected chi connectivity index (χ1v) is 10.2. The maximum absolute atomic E-state index is 13.3. The number of nitrogens with zero attached hydrogens (tertiary/aromatic N) is 4. The molecule has 12 nitrogen and oxygen atoms in total. The molecule has 0 unspecified atom stereocenters. The van der Waals surface area contributed by atoms with Crippen molar-refractivity contribution in [2.45, 2.75) is 0 Å². The van der Waals surface area contributed by atoms with Gasteiger partial charge in [-0.05, 0) is 44.4 Å². The molecular formula is C13H16BrFN8O4S. The molecule has 0 saturated heterocycles. The van der Waals surface area contributed by atoms with Crippen LogP contribution in [0.2, 0.25) is 0 Å². The van der Waals surface area contributed by atoms with E-state index in [9.17, 15) is 18.0 Å². The average Bonchev–Trinajstić information content (AvgIpc) is 3.06. The summed E-state index contributed by atoms with van der Waals surface area (Å²) in [4.78, 5) is 7.93. The van der Waals surface area contributed by atoms with Gasteiger partial charge in [-0.15, -0.1) is 0 Å². The molecule has 0 fully saturated rings. The van der Waals surface area contributed by atoms with E-state index in [0.717, 1.165) is 6.26 Å². The zero-order valence-electron chi connectivity index (χ0n) is 14.3. The van der Waals surface area contributed by atoms with E-state index in [-0.39, 0.29) is 40.9 Å². The Morgan fingerprint density at radius 2 is 2.18 bits per heavy atom. The van der Waals surface area contributed by atoms with Gasteiger partial charge in [-0.2, -0.15) is 0 Å². The number of halogens is 2. The number of aliphatic imine (C=N–C) groups is 2. The fraction of sp³-hybridized carbons (Fsp3) is 0.231. The first kappa shape index (κ1) is 21.5. The summed E-state index contributed by atoms with van der Waals surface area (Å²) >= 11 is 3.04. The van der Waals surface area contributed by atoms with Crippen LogP contribution in [0.3, 0.4) is 0 Å². The molecule has 152 valence electrons. The molecule has 0 atom stereocenters. The number of rotatable bonds is 7. The van der Waals surface area contributed by atoms with Crippen molar-refractivity contribution in [3.8, 4) is 0 Å². The van der Waals surface area contributed by atoms with E-state index in [1.807, 2.05) is 10.2 Å². The number of hydrogen-bond donors (Lipinski definition) is 5. The standard InChI is InChI=1S/C13H16BrFN8O4S/c1-28(25,26)23-13(16)18-5-4-17-11-10(21-27-22-11)12(20-24)19-7-2-3-9(15)8(14)6-7/h2-3,6,24H,4-5H2,1H3,(H,17,22)(H,19,20)(H3,16,18,23). The van der Waals surface area contributed by atoms with Gasteiger partial charge in [0, 0.05) is 6.54 Å². The first-order chi connectivity index (χ1) is 13.2. The molecule has 2 aromatic rings. The SMILES string of the molecule is CS(=O)(=O)NC(N)=NCCNc1nonc1C(=Nc1ccc(F)c(Br)c1)NO. The molecule has 0 radical (unpaired) electrons. The molecule has 28 heavy (non-hydrogen) atoms. The van der Waals surface area contributed by atoms with Crippen LogP contribution >= 0.6 is 15.9 Å². The minimum Gasteiger partial charge on any atom is -0.369 e. The van der Waals surface area contributed by atoms with Crippen LogP contribution in [0.25, 0.3) is 0 Å². The zero-order chi connectivity index (χ0) is 20.7. The zero-order valence-corrected chi connectivity index (χ0v) is 16.8. The Kier molecular flexibility index (Phi) is 7.24. The van der Waals surface area contributed by atoms with Crippen molar-refractivity contribution in [1.29, 1.82) is 0 Å². The van der Waals surface area contributed by atoms with Crippen LogP contribution < -0.4 is 21.3 Å². The molecule has 1 aromatic carbocycles. The highest BCUT2D eigenvalue weighted by Crippen LogP contribution is 2.23. The van der Waals surface area contributed by atoms with Crippen LogP contribution in [0, 0.1) is 5.82 Å². The van der Waals surface area contributed by atoms with Crippen molar-refractivity contribution < 1.29 is 22.6 Å². The number of aromatic nitrogens is 2. The summed E-state index contributed by atoms with van der Waals surface area (Å²) in [5, 5.41) is 19.5. The smallest absolute Gasteiger partial charge is 0.232 e. The molecule has 0 aliphatic carbocycles. The van der Waals surface area contributed by atoms with E-state index in [2.05, 4.69) is 46.2 Å². The highest BCUT2D eigenvalue weighted by Gasteiger charge is 2.16. The van der Waals surface area contributed by atoms with Crippen molar-refractivity contribution >= 4 is 49.3 Å². The number of amidine groups is 1. The fourth-order valence-corrected chi connectivity index (χ4v) is 2.66. The van der Waals surface area contributed by atoms with Crippen molar-refractivity contribution in [1.82, 2.24) is 20.5 Å². The Labute approximate surface area is 167 Å². The van der Waals surface area contributed by atoms with E-state index in [1.165, 1.54) is 18.2 Å². The van der Waals surface area contributed by atoms with Gasteiger partial charge in [0.05, 0.1) is 23.0 Å². The van der Waals surface area contributed by atoms with Crippen LogP contribution in [0.15, 0.2) is 37.3 Å². The molecule has 0 spiro atoms. The van der Waals surface area contributed by atoms with Gasteiger partial charge in [-0.25, -0.2) is 22.4 Å². The van der Waals surface area contributed by atoms with Crippen LogP contribution in [0.5, 0.6) is 0 Å². The van der Waals surface area contributed by atoms with Gasteiger partial charge in [0.1, 0.15) is 5.82 Å². The highest BCUT2D eigenvalue weighted by molar-refractivity contribution is 9.10. The molecule has 0 aliphatic heterocycles. The third-order valence-corrected chi connectivity index (χ3v) is 4.13. The van der Waals surface area contributed by atoms with E-state index in [1.54, 1.807) is 0 Å². The molecular weight excluding hydrogens is 463 g/mol. The number of nitrogens with one attached hydrogen (secondary N) is 3. The predicted molar refractivity (Wildman–Crippen MR) is 102 cm³/mol. The Morgan fingerprint density at radius 1 is 1.43 bits per heavy atom. The van der Waals surface area contributed by atoms with Crippen molar-refractivity contribution in [3.63, 3.8) is 0 Å². The lowest BCUT2D eigenvalue weighted by Gasteiger charge is -2.06. The summed E-state index contributed by atoms with van der Waals surface area (Å²) in [5.41, 5.74) is 7.67. The minimum atomic E-state index is -3.50. The van der Waals surface area contributed by atoms with E-state index >= 15 is 0 Å². The van der Waals surface area contributed by atoms with Crippen molar-refractivity contribution in [3.05, 3.63) is 34.2 Å². The second kappa shape index (κ2) is 9.43. The van der Waals surface area contributed by atoms with Gasteiger partial charge >= 0.3 is 0 Å². The second-order valence-corrected chi connectivity index (χ2v) is 7.80. The summed E-state index contributed by atoms with van der Waals surface area (Å²) < 4.78 is 42.2.